The van der Waals surface area contributed by atoms with Crippen LogP contribution in [0.1, 0.15) is 42.6 Å². The number of likely N-dealkylation sites (tertiary alicyclic amines) is 1. The van der Waals surface area contributed by atoms with Crippen LogP contribution in [0, 0.1) is 6.92 Å². The molecule has 0 N–H and O–H groups in total. The minimum absolute atomic E-state index is 0.148. The van der Waals surface area contributed by atoms with Gasteiger partial charge in [0.05, 0.1) is 18.2 Å². The molecule has 0 amide bonds. The van der Waals surface area contributed by atoms with Crippen molar-refractivity contribution in [2.45, 2.75) is 39.2 Å². The van der Waals surface area contributed by atoms with Crippen LogP contribution in [-0.2, 0) is 0 Å². The molecule has 1 aromatic carbocycles. The van der Waals surface area contributed by atoms with Gasteiger partial charge >= 0.3 is 0 Å². The second-order valence-corrected chi connectivity index (χ2v) is 5.79. The van der Waals surface area contributed by atoms with Crippen molar-refractivity contribution in [2.75, 3.05) is 20.2 Å². The number of ketones is 1. The average molecular weight is 261 g/mol. The van der Waals surface area contributed by atoms with Gasteiger partial charge in [-0.15, -0.1) is 0 Å². The summed E-state index contributed by atoms with van der Waals surface area (Å²) in [5.41, 5.74) is 1.32. The van der Waals surface area contributed by atoms with E-state index in [9.17, 15) is 4.79 Å². The summed E-state index contributed by atoms with van der Waals surface area (Å²) in [5, 5.41) is 0. The van der Waals surface area contributed by atoms with E-state index in [0.29, 0.717) is 11.3 Å². The van der Waals surface area contributed by atoms with Crippen LogP contribution in [0.15, 0.2) is 18.2 Å². The first-order valence-corrected chi connectivity index (χ1v) is 6.91. The van der Waals surface area contributed by atoms with Crippen molar-refractivity contribution in [3.8, 4) is 5.75 Å². The molecule has 3 heteroatoms. The molecule has 0 spiro atoms. The molecular weight excluding hydrogens is 238 g/mol. The Hall–Kier alpha value is -1.35. The number of ether oxygens (including phenoxy) is 1. The highest BCUT2D eigenvalue weighted by Crippen LogP contribution is 2.29. The Kier molecular flexibility index (Phi) is 3.95. The van der Waals surface area contributed by atoms with Crippen LogP contribution in [0.3, 0.4) is 0 Å². The van der Waals surface area contributed by atoms with Gasteiger partial charge < -0.3 is 4.74 Å². The standard InChI is InChI=1S/C16H23NO2/c1-12-7-8-14(19-4)13(11-12)15(18)16(2,3)17-9-5-6-10-17/h7-8,11H,5-6,9-10H2,1-4H3. The maximum atomic E-state index is 12.9. The van der Waals surface area contributed by atoms with Crippen molar-refractivity contribution >= 4 is 5.78 Å². The summed E-state index contributed by atoms with van der Waals surface area (Å²) in [6, 6.07) is 5.78. The molecule has 1 aliphatic rings. The van der Waals surface area contributed by atoms with Gasteiger partial charge in [-0.1, -0.05) is 11.6 Å². The highest BCUT2D eigenvalue weighted by atomic mass is 16.5. The van der Waals surface area contributed by atoms with Crippen LogP contribution in [0.5, 0.6) is 5.75 Å². The molecule has 0 aliphatic carbocycles. The monoisotopic (exact) mass is 261 g/mol. The maximum Gasteiger partial charge on any atom is 0.186 e. The first kappa shape index (κ1) is 14.1. The molecule has 19 heavy (non-hydrogen) atoms. The predicted octanol–water partition coefficient (Wildman–Crippen LogP) is 3.06. The van der Waals surface area contributed by atoms with Gasteiger partial charge in [-0.2, -0.15) is 0 Å². The van der Waals surface area contributed by atoms with Crippen LogP contribution in [-0.4, -0.2) is 36.4 Å². The number of hydrogen-bond donors (Lipinski definition) is 0. The first-order chi connectivity index (χ1) is 8.96. The van der Waals surface area contributed by atoms with Gasteiger partial charge in [0.25, 0.3) is 0 Å². The van der Waals surface area contributed by atoms with Gasteiger partial charge in [-0.05, 0) is 58.8 Å². The Morgan fingerprint density at radius 2 is 1.89 bits per heavy atom. The van der Waals surface area contributed by atoms with Crippen molar-refractivity contribution in [3.63, 3.8) is 0 Å². The summed E-state index contributed by atoms with van der Waals surface area (Å²) in [7, 11) is 1.62. The second kappa shape index (κ2) is 5.33. The van der Waals surface area contributed by atoms with E-state index < -0.39 is 5.54 Å². The third-order valence-electron chi connectivity index (χ3n) is 4.05. The summed E-state index contributed by atoms with van der Waals surface area (Å²) >= 11 is 0. The smallest absolute Gasteiger partial charge is 0.186 e. The van der Waals surface area contributed by atoms with E-state index in [1.54, 1.807) is 7.11 Å². The molecule has 104 valence electrons. The van der Waals surface area contributed by atoms with Gasteiger partial charge in [-0.25, -0.2) is 0 Å². The SMILES string of the molecule is COc1ccc(C)cc1C(=O)C(C)(C)N1CCCC1. The third-order valence-corrected chi connectivity index (χ3v) is 4.05. The Labute approximate surface area is 115 Å². The lowest BCUT2D eigenvalue weighted by molar-refractivity contribution is 0.0699. The van der Waals surface area contributed by atoms with E-state index in [4.69, 9.17) is 4.74 Å². The van der Waals surface area contributed by atoms with Crippen molar-refractivity contribution in [1.82, 2.24) is 4.90 Å². The van der Waals surface area contributed by atoms with Crippen LogP contribution in [0.25, 0.3) is 0 Å². The van der Waals surface area contributed by atoms with E-state index in [1.807, 2.05) is 39.0 Å². The number of methoxy groups -OCH3 is 1. The lowest BCUT2D eigenvalue weighted by atomic mass is 9.90. The molecule has 0 saturated carbocycles. The normalized spacial score (nSPS) is 16.6. The first-order valence-electron chi connectivity index (χ1n) is 6.91. The molecule has 0 bridgehead atoms. The summed E-state index contributed by atoms with van der Waals surface area (Å²) in [6.07, 6.45) is 2.36. The molecule has 2 rings (SSSR count). The van der Waals surface area contributed by atoms with E-state index in [-0.39, 0.29) is 5.78 Å². The number of carbonyl (C=O) groups excluding carboxylic acids is 1. The van der Waals surface area contributed by atoms with Gasteiger partial charge in [0.15, 0.2) is 5.78 Å². The molecule has 0 unspecified atom stereocenters. The number of nitrogens with zero attached hydrogens (tertiary/aromatic N) is 1. The minimum atomic E-state index is -0.461. The number of aryl methyl sites for hydroxylation is 1. The summed E-state index contributed by atoms with van der Waals surface area (Å²) in [5.74, 6) is 0.817. The third kappa shape index (κ3) is 2.66. The summed E-state index contributed by atoms with van der Waals surface area (Å²) in [6.45, 7) is 8.05. The van der Waals surface area contributed by atoms with E-state index in [1.165, 1.54) is 12.8 Å². The quantitative estimate of drug-likeness (QED) is 0.780. The number of rotatable bonds is 4. The van der Waals surface area contributed by atoms with Crippen molar-refractivity contribution in [1.29, 1.82) is 0 Å². The fraction of sp³-hybridized carbons (Fsp3) is 0.562. The molecule has 0 aromatic heterocycles. The van der Waals surface area contributed by atoms with E-state index in [2.05, 4.69) is 4.90 Å². The van der Waals surface area contributed by atoms with Crippen LogP contribution >= 0.6 is 0 Å². The van der Waals surface area contributed by atoms with Crippen molar-refractivity contribution < 1.29 is 9.53 Å². The Morgan fingerprint density at radius 3 is 2.47 bits per heavy atom. The highest BCUT2D eigenvalue weighted by molar-refractivity contribution is 6.05. The number of hydrogen-bond acceptors (Lipinski definition) is 3. The molecule has 0 atom stereocenters. The number of benzene rings is 1. The molecule has 0 radical (unpaired) electrons. The highest BCUT2D eigenvalue weighted by Gasteiger charge is 2.37. The Bertz CT molecular complexity index is 474. The second-order valence-electron chi connectivity index (χ2n) is 5.79. The zero-order valence-electron chi connectivity index (χ0n) is 12.3. The Balaban J connectivity index is 2.35. The Morgan fingerprint density at radius 1 is 1.26 bits per heavy atom. The number of Topliss-reactive ketones (excluding diaryl/α,β-unsaturated/α-hetero) is 1. The molecule has 3 nitrogen and oxygen atoms in total. The molecule has 1 aliphatic heterocycles. The topological polar surface area (TPSA) is 29.5 Å². The van der Waals surface area contributed by atoms with Gasteiger partial charge in [0, 0.05) is 0 Å². The average Bonchev–Trinajstić information content (AvgIpc) is 2.92. The van der Waals surface area contributed by atoms with Gasteiger partial charge in [0.2, 0.25) is 0 Å². The molecular formula is C16H23NO2. The minimum Gasteiger partial charge on any atom is -0.496 e. The van der Waals surface area contributed by atoms with Gasteiger partial charge in [0.1, 0.15) is 5.75 Å². The van der Waals surface area contributed by atoms with E-state index >= 15 is 0 Å². The van der Waals surface area contributed by atoms with Crippen LogP contribution in [0.2, 0.25) is 0 Å². The van der Waals surface area contributed by atoms with Crippen molar-refractivity contribution in [3.05, 3.63) is 29.3 Å². The summed E-state index contributed by atoms with van der Waals surface area (Å²) < 4.78 is 5.34. The predicted molar refractivity (Wildman–Crippen MR) is 76.9 cm³/mol. The molecule has 1 heterocycles. The number of carbonyl (C=O) groups is 1. The van der Waals surface area contributed by atoms with E-state index in [0.717, 1.165) is 18.7 Å². The largest absolute Gasteiger partial charge is 0.496 e. The molecule has 1 aromatic rings. The molecule has 1 saturated heterocycles. The van der Waals surface area contributed by atoms with Crippen LogP contribution < -0.4 is 4.74 Å². The maximum absolute atomic E-state index is 12.9. The van der Waals surface area contributed by atoms with Crippen molar-refractivity contribution in [2.24, 2.45) is 0 Å². The summed E-state index contributed by atoms with van der Waals surface area (Å²) in [4.78, 5) is 15.1. The lowest BCUT2D eigenvalue weighted by Gasteiger charge is -2.34. The fourth-order valence-electron chi connectivity index (χ4n) is 2.75. The van der Waals surface area contributed by atoms with Crippen LogP contribution in [0.4, 0.5) is 0 Å². The molecule has 1 fully saturated rings. The van der Waals surface area contributed by atoms with Gasteiger partial charge in [-0.3, -0.25) is 9.69 Å². The fourth-order valence-corrected chi connectivity index (χ4v) is 2.75. The zero-order valence-corrected chi connectivity index (χ0v) is 12.3. The lowest BCUT2D eigenvalue weighted by Crippen LogP contribution is -2.48. The zero-order chi connectivity index (χ0) is 14.0.